The topological polar surface area (TPSA) is 74.3 Å². The first kappa shape index (κ1) is 18.6. The van der Waals surface area contributed by atoms with E-state index in [1.54, 1.807) is 13.3 Å². The summed E-state index contributed by atoms with van der Waals surface area (Å²) in [6.07, 6.45) is 1.70. The van der Waals surface area contributed by atoms with E-state index in [-0.39, 0.29) is 17.6 Å². The zero-order chi connectivity index (χ0) is 16.0. The van der Waals surface area contributed by atoms with Gasteiger partial charge in [-0.1, -0.05) is 20.8 Å². The van der Waals surface area contributed by atoms with E-state index in [9.17, 15) is 0 Å². The lowest BCUT2D eigenvalue weighted by atomic mass is 9.83. The molecule has 0 aromatic carbocycles. The zero-order valence-electron chi connectivity index (χ0n) is 13.5. The van der Waals surface area contributed by atoms with Gasteiger partial charge in [-0.15, -0.1) is 0 Å². The first-order valence-electron chi connectivity index (χ1n) is 7.14. The van der Waals surface area contributed by atoms with Crippen molar-refractivity contribution in [2.24, 2.45) is 11.3 Å². The summed E-state index contributed by atoms with van der Waals surface area (Å²) in [5, 5.41) is 4.39. The number of aromatic nitrogens is 2. The Labute approximate surface area is 135 Å². The van der Waals surface area contributed by atoms with Gasteiger partial charge in [-0.3, -0.25) is 10.5 Å². The minimum Gasteiger partial charge on any atom is -0.383 e. The van der Waals surface area contributed by atoms with Crippen molar-refractivity contribution in [3.63, 3.8) is 0 Å². The third-order valence-electron chi connectivity index (χ3n) is 3.32. The molecule has 1 aromatic rings. The quantitative estimate of drug-likeness (QED) is 0.547. The molecule has 1 rings (SSSR count). The van der Waals surface area contributed by atoms with Crippen LogP contribution in [0.1, 0.15) is 39.4 Å². The number of nitrogens with two attached hydrogens (primary N) is 1. The lowest BCUT2D eigenvalue weighted by Crippen LogP contribution is -2.45. The molecule has 1 heterocycles. The molecule has 122 valence electrons. The number of hydrazine groups is 1. The lowest BCUT2D eigenvalue weighted by Gasteiger charge is -2.36. The van der Waals surface area contributed by atoms with Crippen molar-refractivity contribution >= 4 is 15.9 Å². The van der Waals surface area contributed by atoms with Crippen LogP contribution in [0.2, 0.25) is 0 Å². The van der Waals surface area contributed by atoms with E-state index >= 15 is 0 Å². The molecule has 2 atom stereocenters. The van der Waals surface area contributed by atoms with Gasteiger partial charge < -0.3 is 9.47 Å². The smallest absolute Gasteiger partial charge is 0.0906 e. The van der Waals surface area contributed by atoms with E-state index in [2.05, 4.69) is 47.2 Å². The van der Waals surface area contributed by atoms with Crippen LogP contribution in [0.5, 0.6) is 0 Å². The maximum Gasteiger partial charge on any atom is 0.0906 e. The van der Waals surface area contributed by atoms with Gasteiger partial charge in [0.25, 0.3) is 0 Å². The van der Waals surface area contributed by atoms with Gasteiger partial charge in [0, 0.05) is 13.7 Å². The minimum absolute atomic E-state index is 0.0666. The molecule has 21 heavy (non-hydrogen) atoms. The Morgan fingerprint density at radius 1 is 1.48 bits per heavy atom. The van der Waals surface area contributed by atoms with Crippen molar-refractivity contribution in [3.8, 4) is 0 Å². The second-order valence-electron chi connectivity index (χ2n) is 5.98. The summed E-state index contributed by atoms with van der Waals surface area (Å²) >= 11 is 3.56. The number of halogens is 1. The number of methoxy groups -OCH3 is 1. The number of ether oxygens (including phenoxy) is 2. The Hall–Kier alpha value is -0.470. The van der Waals surface area contributed by atoms with Crippen LogP contribution in [-0.2, 0) is 16.0 Å². The van der Waals surface area contributed by atoms with E-state index in [0.29, 0.717) is 19.8 Å². The molecule has 6 nitrogen and oxygen atoms in total. The Morgan fingerprint density at radius 3 is 2.62 bits per heavy atom. The van der Waals surface area contributed by atoms with Gasteiger partial charge >= 0.3 is 0 Å². The average Bonchev–Trinajstić information content (AvgIpc) is 2.77. The summed E-state index contributed by atoms with van der Waals surface area (Å²) in [7, 11) is 1.68. The highest BCUT2D eigenvalue weighted by molar-refractivity contribution is 9.10. The molecular formula is C14H27BrN4O2. The average molecular weight is 363 g/mol. The van der Waals surface area contributed by atoms with Gasteiger partial charge in [-0.05, 0) is 28.3 Å². The highest BCUT2D eigenvalue weighted by Gasteiger charge is 2.36. The molecule has 0 saturated heterocycles. The Balaban J connectivity index is 3.15. The molecule has 2 unspecified atom stereocenters. The maximum absolute atomic E-state index is 5.96. The molecule has 0 amide bonds. The molecule has 0 aliphatic rings. The fraction of sp³-hybridized carbons (Fsp3) is 0.786. The van der Waals surface area contributed by atoms with Gasteiger partial charge in [-0.25, -0.2) is 5.43 Å². The molecule has 3 N–H and O–H groups in total. The van der Waals surface area contributed by atoms with Crippen LogP contribution < -0.4 is 11.3 Å². The van der Waals surface area contributed by atoms with E-state index in [4.69, 9.17) is 15.3 Å². The minimum atomic E-state index is -0.168. The van der Waals surface area contributed by atoms with Crippen LogP contribution in [-0.4, -0.2) is 36.2 Å². The van der Waals surface area contributed by atoms with Crippen LogP contribution >= 0.6 is 15.9 Å². The molecule has 0 spiro atoms. The maximum atomic E-state index is 5.96. The van der Waals surface area contributed by atoms with E-state index in [1.165, 1.54) is 0 Å². The van der Waals surface area contributed by atoms with Crippen LogP contribution in [0.25, 0.3) is 0 Å². The summed E-state index contributed by atoms with van der Waals surface area (Å²) in [6.45, 7) is 10.3. The molecule has 1 aromatic heterocycles. The predicted molar refractivity (Wildman–Crippen MR) is 86.7 cm³/mol. The standard InChI is InChI=1S/C14H27BrN4O2/c1-6-21-13(14(2,3)4)11(18-16)12-10(15)9-17-19(12)7-8-20-5/h9,11,13,18H,6-8,16H2,1-5H3. The number of hydrogen-bond acceptors (Lipinski definition) is 5. The van der Waals surface area contributed by atoms with Crippen molar-refractivity contribution in [3.05, 3.63) is 16.4 Å². The Kier molecular flexibility index (Phi) is 7.29. The number of rotatable bonds is 8. The van der Waals surface area contributed by atoms with Crippen molar-refractivity contribution in [2.75, 3.05) is 20.3 Å². The van der Waals surface area contributed by atoms with Crippen LogP contribution in [0.3, 0.4) is 0 Å². The fourth-order valence-electron chi connectivity index (χ4n) is 2.37. The van der Waals surface area contributed by atoms with Gasteiger partial charge in [0.2, 0.25) is 0 Å². The van der Waals surface area contributed by atoms with Crippen molar-refractivity contribution < 1.29 is 9.47 Å². The van der Waals surface area contributed by atoms with E-state index < -0.39 is 0 Å². The van der Waals surface area contributed by atoms with E-state index in [1.807, 2.05) is 11.6 Å². The monoisotopic (exact) mass is 362 g/mol. The molecule has 0 saturated carbocycles. The predicted octanol–water partition coefficient (Wildman–Crippen LogP) is 2.25. The van der Waals surface area contributed by atoms with Gasteiger partial charge in [-0.2, -0.15) is 5.10 Å². The van der Waals surface area contributed by atoms with E-state index in [0.717, 1.165) is 10.2 Å². The van der Waals surface area contributed by atoms with Crippen LogP contribution in [0, 0.1) is 5.41 Å². The van der Waals surface area contributed by atoms with Crippen molar-refractivity contribution in [1.82, 2.24) is 15.2 Å². The summed E-state index contributed by atoms with van der Waals surface area (Å²) in [5.74, 6) is 5.84. The fourth-order valence-corrected chi connectivity index (χ4v) is 2.92. The zero-order valence-corrected chi connectivity index (χ0v) is 15.1. The molecule has 0 bridgehead atoms. The van der Waals surface area contributed by atoms with Gasteiger partial charge in [0.15, 0.2) is 0 Å². The second-order valence-corrected chi connectivity index (χ2v) is 6.83. The summed E-state index contributed by atoms with van der Waals surface area (Å²) in [6, 6.07) is -0.168. The first-order valence-corrected chi connectivity index (χ1v) is 7.94. The molecule has 7 heteroatoms. The van der Waals surface area contributed by atoms with Crippen LogP contribution in [0.4, 0.5) is 0 Å². The number of hydrogen-bond donors (Lipinski definition) is 2. The first-order chi connectivity index (χ1) is 9.86. The molecular weight excluding hydrogens is 336 g/mol. The lowest BCUT2D eigenvalue weighted by molar-refractivity contribution is -0.0387. The Morgan fingerprint density at radius 2 is 2.14 bits per heavy atom. The number of nitrogens with zero attached hydrogens (tertiary/aromatic N) is 2. The molecule has 0 aliphatic carbocycles. The highest BCUT2D eigenvalue weighted by atomic mass is 79.9. The molecule has 0 radical (unpaired) electrons. The Bertz CT molecular complexity index is 431. The normalized spacial score (nSPS) is 15.2. The SMILES string of the molecule is CCOC(C(NN)c1c(Br)cnn1CCOC)C(C)(C)C. The second kappa shape index (κ2) is 8.24. The van der Waals surface area contributed by atoms with Crippen LogP contribution in [0.15, 0.2) is 10.7 Å². The third kappa shape index (κ3) is 4.75. The van der Waals surface area contributed by atoms with Gasteiger partial charge in [0.05, 0.1) is 41.7 Å². The van der Waals surface area contributed by atoms with Crippen molar-refractivity contribution in [1.29, 1.82) is 0 Å². The summed E-state index contributed by atoms with van der Waals surface area (Å²) < 4.78 is 13.9. The third-order valence-corrected chi connectivity index (χ3v) is 3.93. The molecule has 0 fully saturated rings. The molecule has 0 aliphatic heterocycles. The highest BCUT2D eigenvalue weighted by Crippen LogP contribution is 2.35. The summed E-state index contributed by atoms with van der Waals surface area (Å²) in [5.41, 5.74) is 3.81. The van der Waals surface area contributed by atoms with Crippen molar-refractivity contribution in [2.45, 2.75) is 46.4 Å². The largest absolute Gasteiger partial charge is 0.383 e. The van der Waals surface area contributed by atoms with Gasteiger partial charge in [0.1, 0.15) is 0 Å². The summed E-state index contributed by atoms with van der Waals surface area (Å²) in [4.78, 5) is 0. The number of nitrogens with one attached hydrogen (secondary N) is 1.